The van der Waals surface area contributed by atoms with E-state index in [9.17, 15) is 23.2 Å². The Hall–Kier alpha value is -2.51. The average Bonchev–Trinajstić information content (AvgIpc) is 3.27. The summed E-state index contributed by atoms with van der Waals surface area (Å²) in [6, 6.07) is 1.88. The van der Waals surface area contributed by atoms with Gasteiger partial charge < -0.3 is 15.3 Å². The van der Waals surface area contributed by atoms with Gasteiger partial charge in [0.05, 0.1) is 12.5 Å². The molecule has 1 fully saturated rings. The molecule has 130 valence electrons. The zero-order valence-corrected chi connectivity index (χ0v) is 13.1. The molecule has 0 unspecified atom stereocenters. The number of hydrogen-bond acceptors (Lipinski definition) is 3. The van der Waals surface area contributed by atoms with Gasteiger partial charge in [0, 0.05) is 18.5 Å². The average molecular weight is 340 g/mol. The smallest absolute Gasteiger partial charge is 0.323 e. The summed E-state index contributed by atoms with van der Waals surface area (Å²) < 4.78 is 27.9. The van der Waals surface area contributed by atoms with Gasteiger partial charge in [-0.3, -0.25) is 14.4 Å². The fourth-order valence-corrected chi connectivity index (χ4v) is 2.56. The molecule has 6 nitrogen and oxygen atoms in total. The lowest BCUT2D eigenvalue weighted by molar-refractivity contribution is -0.145. The van der Waals surface area contributed by atoms with E-state index in [0.29, 0.717) is 12.8 Å². The number of amides is 2. The second kappa shape index (κ2) is 7.37. The lowest BCUT2D eigenvalue weighted by Crippen LogP contribution is -2.40. The SMILES string of the molecule is CC(=O)N[C@@H](CC(=O)N(CC(=O)O)C1CC1)c1c(F)cccc1F. The molecular weight excluding hydrogens is 322 g/mol. The summed E-state index contributed by atoms with van der Waals surface area (Å²) in [5.41, 5.74) is -0.410. The molecule has 1 aromatic carbocycles. The van der Waals surface area contributed by atoms with Crippen LogP contribution in [0.5, 0.6) is 0 Å². The van der Waals surface area contributed by atoms with E-state index < -0.39 is 54.0 Å². The third-order valence-corrected chi connectivity index (χ3v) is 3.72. The highest BCUT2D eigenvalue weighted by Crippen LogP contribution is 2.30. The maximum atomic E-state index is 14.0. The highest BCUT2D eigenvalue weighted by Gasteiger charge is 2.35. The van der Waals surface area contributed by atoms with Crippen molar-refractivity contribution in [3.05, 3.63) is 35.4 Å². The molecule has 0 saturated heterocycles. The van der Waals surface area contributed by atoms with Gasteiger partial charge in [-0.15, -0.1) is 0 Å². The number of carboxylic acids is 1. The standard InChI is InChI=1S/C16H18F2N2O4/c1-9(21)19-13(16-11(17)3-2-4-12(16)18)7-14(22)20(8-15(23)24)10-5-6-10/h2-4,10,13H,5-8H2,1H3,(H,19,21)(H,23,24)/t13-/m0/s1. The molecule has 0 spiro atoms. The first-order valence-electron chi connectivity index (χ1n) is 7.52. The van der Waals surface area contributed by atoms with E-state index in [1.807, 2.05) is 0 Å². The minimum absolute atomic E-state index is 0.169. The Morgan fingerprint density at radius 3 is 2.33 bits per heavy atom. The zero-order valence-electron chi connectivity index (χ0n) is 13.1. The Balaban J connectivity index is 2.23. The highest BCUT2D eigenvalue weighted by atomic mass is 19.1. The van der Waals surface area contributed by atoms with E-state index in [0.717, 1.165) is 12.1 Å². The Morgan fingerprint density at radius 2 is 1.88 bits per heavy atom. The monoisotopic (exact) mass is 340 g/mol. The van der Waals surface area contributed by atoms with Crippen molar-refractivity contribution < 1.29 is 28.3 Å². The maximum Gasteiger partial charge on any atom is 0.323 e. The minimum atomic E-state index is -1.20. The highest BCUT2D eigenvalue weighted by molar-refractivity contribution is 5.83. The molecule has 0 aliphatic heterocycles. The molecule has 1 aliphatic rings. The van der Waals surface area contributed by atoms with Gasteiger partial charge in [-0.25, -0.2) is 8.78 Å². The van der Waals surface area contributed by atoms with E-state index in [1.165, 1.54) is 17.9 Å². The Labute approximate surface area is 137 Å². The molecule has 24 heavy (non-hydrogen) atoms. The van der Waals surface area contributed by atoms with Crippen LogP contribution < -0.4 is 5.32 Å². The molecule has 2 amide bonds. The zero-order chi connectivity index (χ0) is 17.9. The number of nitrogens with zero attached hydrogens (tertiary/aromatic N) is 1. The molecule has 8 heteroatoms. The van der Waals surface area contributed by atoms with Gasteiger partial charge in [-0.1, -0.05) is 6.07 Å². The van der Waals surface area contributed by atoms with Crippen LogP contribution >= 0.6 is 0 Å². The number of halogens is 2. The van der Waals surface area contributed by atoms with Crippen molar-refractivity contribution in [3.63, 3.8) is 0 Å². The van der Waals surface area contributed by atoms with Crippen LogP contribution in [-0.2, 0) is 14.4 Å². The summed E-state index contributed by atoms with van der Waals surface area (Å²) in [6.45, 7) is 0.697. The molecule has 0 heterocycles. The number of benzene rings is 1. The molecule has 0 aromatic heterocycles. The van der Waals surface area contributed by atoms with Crippen molar-refractivity contribution in [2.75, 3.05) is 6.54 Å². The molecule has 0 bridgehead atoms. The van der Waals surface area contributed by atoms with Gasteiger partial charge in [-0.05, 0) is 25.0 Å². The molecule has 1 aromatic rings. The summed E-state index contributed by atoms with van der Waals surface area (Å²) in [7, 11) is 0. The second-order valence-corrected chi connectivity index (χ2v) is 5.74. The molecule has 2 N–H and O–H groups in total. The first-order valence-corrected chi connectivity index (χ1v) is 7.52. The molecule has 1 saturated carbocycles. The quantitative estimate of drug-likeness (QED) is 0.789. The molecule has 0 radical (unpaired) electrons. The maximum absolute atomic E-state index is 14.0. The van der Waals surface area contributed by atoms with Crippen molar-refractivity contribution >= 4 is 17.8 Å². The van der Waals surface area contributed by atoms with Crippen LogP contribution in [0.3, 0.4) is 0 Å². The fraction of sp³-hybridized carbons (Fsp3) is 0.438. The summed E-state index contributed by atoms with van der Waals surface area (Å²) in [5.74, 6) is -4.04. The van der Waals surface area contributed by atoms with E-state index >= 15 is 0 Å². The Kier molecular flexibility index (Phi) is 5.48. The van der Waals surface area contributed by atoms with Crippen LogP contribution in [0.2, 0.25) is 0 Å². The van der Waals surface area contributed by atoms with E-state index in [2.05, 4.69) is 5.32 Å². The van der Waals surface area contributed by atoms with Gasteiger partial charge in [0.2, 0.25) is 11.8 Å². The van der Waals surface area contributed by atoms with Crippen molar-refractivity contribution in [2.24, 2.45) is 0 Å². The Bertz CT molecular complexity index is 641. The van der Waals surface area contributed by atoms with Crippen molar-refractivity contribution in [2.45, 2.75) is 38.3 Å². The number of aliphatic carboxylic acids is 1. The van der Waals surface area contributed by atoms with Crippen molar-refractivity contribution in [3.8, 4) is 0 Å². The number of carbonyl (C=O) groups is 3. The normalized spacial score (nSPS) is 14.8. The second-order valence-electron chi connectivity index (χ2n) is 5.74. The first-order chi connectivity index (χ1) is 11.3. The third kappa shape index (κ3) is 4.50. The predicted octanol–water partition coefficient (Wildman–Crippen LogP) is 1.61. The van der Waals surface area contributed by atoms with Gasteiger partial charge in [0.15, 0.2) is 0 Å². The molecule has 1 atom stereocenters. The van der Waals surface area contributed by atoms with Gasteiger partial charge in [0.25, 0.3) is 0 Å². The minimum Gasteiger partial charge on any atom is -0.480 e. The van der Waals surface area contributed by atoms with Gasteiger partial charge >= 0.3 is 5.97 Å². The number of hydrogen-bond donors (Lipinski definition) is 2. The molecule has 2 rings (SSSR count). The lowest BCUT2D eigenvalue weighted by atomic mass is 10.0. The summed E-state index contributed by atoms with van der Waals surface area (Å²) in [5, 5.41) is 11.3. The fourth-order valence-electron chi connectivity index (χ4n) is 2.56. The summed E-state index contributed by atoms with van der Waals surface area (Å²) >= 11 is 0. The van der Waals surface area contributed by atoms with Crippen LogP contribution in [-0.4, -0.2) is 40.4 Å². The van der Waals surface area contributed by atoms with E-state index in [1.54, 1.807) is 0 Å². The summed E-state index contributed by atoms with van der Waals surface area (Å²) in [6.07, 6.45) is 0.969. The first kappa shape index (κ1) is 17.8. The summed E-state index contributed by atoms with van der Waals surface area (Å²) in [4.78, 5) is 35.8. The van der Waals surface area contributed by atoms with Crippen LogP contribution in [0.1, 0.15) is 37.8 Å². The van der Waals surface area contributed by atoms with Gasteiger partial charge in [-0.2, -0.15) is 0 Å². The van der Waals surface area contributed by atoms with Gasteiger partial charge in [0.1, 0.15) is 18.2 Å². The number of rotatable bonds is 7. The number of nitrogens with one attached hydrogen (secondary N) is 1. The number of carboxylic acid groups (broad SMARTS) is 1. The van der Waals surface area contributed by atoms with Crippen LogP contribution in [0.4, 0.5) is 8.78 Å². The van der Waals surface area contributed by atoms with E-state index in [-0.39, 0.29) is 6.04 Å². The van der Waals surface area contributed by atoms with Crippen molar-refractivity contribution in [1.29, 1.82) is 0 Å². The van der Waals surface area contributed by atoms with Crippen LogP contribution in [0, 0.1) is 11.6 Å². The van der Waals surface area contributed by atoms with Crippen LogP contribution in [0.25, 0.3) is 0 Å². The largest absolute Gasteiger partial charge is 0.480 e. The molecular formula is C16H18F2N2O4. The van der Waals surface area contributed by atoms with Crippen molar-refractivity contribution in [1.82, 2.24) is 10.2 Å². The topological polar surface area (TPSA) is 86.7 Å². The van der Waals surface area contributed by atoms with Crippen LogP contribution in [0.15, 0.2) is 18.2 Å². The lowest BCUT2D eigenvalue weighted by Gasteiger charge is -2.25. The third-order valence-electron chi connectivity index (χ3n) is 3.72. The van der Waals surface area contributed by atoms with E-state index in [4.69, 9.17) is 5.11 Å². The Morgan fingerprint density at radius 1 is 1.29 bits per heavy atom. The molecule has 1 aliphatic carbocycles. The predicted molar refractivity (Wildman–Crippen MR) is 79.9 cm³/mol. The number of carbonyl (C=O) groups excluding carboxylic acids is 2.